The lowest BCUT2D eigenvalue weighted by atomic mass is 10.3. The Bertz CT molecular complexity index is 710. The van der Waals surface area contributed by atoms with Crippen molar-refractivity contribution in [1.29, 1.82) is 0 Å². The summed E-state index contributed by atoms with van der Waals surface area (Å²) < 4.78 is 30.3. The summed E-state index contributed by atoms with van der Waals surface area (Å²) in [6.45, 7) is 0. The summed E-state index contributed by atoms with van der Waals surface area (Å²) >= 11 is 0. The van der Waals surface area contributed by atoms with Gasteiger partial charge in [-0.25, -0.2) is 8.42 Å². The summed E-state index contributed by atoms with van der Waals surface area (Å²) in [7, 11) is -4.04. The number of nitro groups is 1. The minimum absolute atomic E-state index is 0.0595. The predicted molar refractivity (Wildman–Crippen MR) is 62.1 cm³/mol. The number of aromatic hydroxyl groups is 1. The monoisotopic (exact) mass is 285 g/mol. The standard InChI is InChI=1S/C9H7N3O6S/c13-8-2-1-6(5-7(8)12(14)15)19(16,17)11-9-3-4-18-10-9/h1-5,13H,(H,10,11). The molecule has 10 heteroatoms. The number of phenolic OH excluding ortho intramolecular Hbond substituents is 1. The summed E-state index contributed by atoms with van der Waals surface area (Å²) in [5.41, 5.74) is -0.706. The molecular formula is C9H7N3O6S. The van der Waals surface area contributed by atoms with Gasteiger partial charge in [-0.2, -0.15) is 0 Å². The van der Waals surface area contributed by atoms with Gasteiger partial charge in [-0.3, -0.25) is 14.8 Å². The Kier molecular flexibility index (Phi) is 3.09. The molecule has 0 aliphatic rings. The zero-order valence-corrected chi connectivity index (χ0v) is 9.99. The molecule has 1 heterocycles. The molecule has 0 fully saturated rings. The fraction of sp³-hybridized carbons (Fsp3) is 0. The van der Waals surface area contributed by atoms with Gasteiger partial charge < -0.3 is 9.63 Å². The van der Waals surface area contributed by atoms with Gasteiger partial charge in [0.1, 0.15) is 6.26 Å². The second-order valence-electron chi connectivity index (χ2n) is 3.40. The van der Waals surface area contributed by atoms with Crippen molar-refractivity contribution in [3.63, 3.8) is 0 Å². The van der Waals surface area contributed by atoms with E-state index in [4.69, 9.17) is 0 Å². The van der Waals surface area contributed by atoms with Gasteiger partial charge >= 0.3 is 5.69 Å². The van der Waals surface area contributed by atoms with E-state index in [1.807, 2.05) is 0 Å². The molecule has 1 aromatic carbocycles. The van der Waals surface area contributed by atoms with Crippen molar-refractivity contribution in [2.75, 3.05) is 4.72 Å². The second kappa shape index (κ2) is 4.57. The lowest BCUT2D eigenvalue weighted by Crippen LogP contribution is -2.13. The first-order valence-corrected chi connectivity index (χ1v) is 6.29. The Morgan fingerprint density at radius 2 is 2.11 bits per heavy atom. The molecule has 0 saturated carbocycles. The molecule has 19 heavy (non-hydrogen) atoms. The van der Waals surface area contributed by atoms with E-state index in [1.54, 1.807) is 0 Å². The van der Waals surface area contributed by atoms with Crippen LogP contribution in [0.3, 0.4) is 0 Å². The van der Waals surface area contributed by atoms with E-state index in [2.05, 4.69) is 14.4 Å². The molecule has 0 bridgehead atoms. The van der Waals surface area contributed by atoms with Gasteiger partial charge in [-0.1, -0.05) is 5.16 Å². The van der Waals surface area contributed by atoms with Crippen molar-refractivity contribution in [1.82, 2.24) is 5.16 Å². The number of hydrogen-bond acceptors (Lipinski definition) is 7. The first-order valence-electron chi connectivity index (χ1n) is 4.81. The number of rotatable bonds is 4. The van der Waals surface area contributed by atoms with Crippen LogP contribution in [-0.2, 0) is 10.0 Å². The maximum atomic E-state index is 11.9. The van der Waals surface area contributed by atoms with Gasteiger partial charge in [-0.05, 0) is 12.1 Å². The number of benzene rings is 1. The largest absolute Gasteiger partial charge is 0.502 e. The number of aromatic nitrogens is 1. The summed E-state index contributed by atoms with van der Waals surface area (Å²) in [6.07, 6.45) is 1.16. The molecule has 0 unspecified atom stereocenters. The summed E-state index contributed by atoms with van der Waals surface area (Å²) in [5, 5.41) is 23.2. The number of nitro benzene ring substituents is 1. The Labute approximate surface area is 106 Å². The highest BCUT2D eigenvalue weighted by molar-refractivity contribution is 7.92. The molecule has 1 aromatic heterocycles. The van der Waals surface area contributed by atoms with Gasteiger partial charge in [0.05, 0.1) is 9.82 Å². The highest BCUT2D eigenvalue weighted by atomic mass is 32.2. The van der Waals surface area contributed by atoms with Gasteiger partial charge in [0.15, 0.2) is 11.6 Å². The average molecular weight is 285 g/mol. The SMILES string of the molecule is O=[N+]([O-])c1cc(S(=O)(=O)Nc2ccon2)ccc1O. The van der Waals surface area contributed by atoms with Crippen LogP contribution in [0.4, 0.5) is 11.5 Å². The van der Waals surface area contributed by atoms with E-state index in [1.165, 1.54) is 6.07 Å². The van der Waals surface area contributed by atoms with Crippen LogP contribution in [0.2, 0.25) is 0 Å². The van der Waals surface area contributed by atoms with Gasteiger partial charge in [0.2, 0.25) is 0 Å². The summed E-state index contributed by atoms with van der Waals surface area (Å²) in [5.74, 6) is -0.680. The second-order valence-corrected chi connectivity index (χ2v) is 5.08. The van der Waals surface area contributed by atoms with Crippen molar-refractivity contribution in [3.8, 4) is 5.75 Å². The van der Waals surface area contributed by atoms with Crippen molar-refractivity contribution in [2.24, 2.45) is 0 Å². The quantitative estimate of drug-likeness (QED) is 0.633. The van der Waals surface area contributed by atoms with Crippen molar-refractivity contribution in [2.45, 2.75) is 4.90 Å². The van der Waals surface area contributed by atoms with Crippen LogP contribution < -0.4 is 4.72 Å². The molecular weight excluding hydrogens is 278 g/mol. The number of nitrogens with zero attached hydrogens (tertiary/aromatic N) is 2. The van der Waals surface area contributed by atoms with Crippen LogP contribution in [0.1, 0.15) is 0 Å². The fourth-order valence-corrected chi connectivity index (χ4v) is 2.29. The van der Waals surface area contributed by atoms with Crippen LogP contribution in [0, 0.1) is 10.1 Å². The molecule has 2 aromatic rings. The lowest BCUT2D eigenvalue weighted by Gasteiger charge is -2.05. The third-order valence-corrected chi connectivity index (χ3v) is 3.48. The minimum Gasteiger partial charge on any atom is -0.502 e. The Morgan fingerprint density at radius 3 is 2.68 bits per heavy atom. The number of nitrogens with one attached hydrogen (secondary N) is 1. The predicted octanol–water partition coefficient (Wildman–Crippen LogP) is 1.09. The zero-order chi connectivity index (χ0) is 14.0. The summed E-state index contributed by atoms with van der Waals surface area (Å²) in [6, 6.07) is 3.98. The lowest BCUT2D eigenvalue weighted by molar-refractivity contribution is -0.386. The smallest absolute Gasteiger partial charge is 0.312 e. The van der Waals surface area contributed by atoms with Crippen LogP contribution in [0.15, 0.2) is 39.9 Å². The Balaban J connectivity index is 2.41. The third-order valence-electron chi connectivity index (χ3n) is 2.13. The molecule has 9 nitrogen and oxygen atoms in total. The molecule has 0 radical (unpaired) electrons. The third kappa shape index (κ3) is 2.63. The average Bonchev–Trinajstić information content (AvgIpc) is 2.80. The van der Waals surface area contributed by atoms with E-state index in [9.17, 15) is 23.6 Å². The topological polar surface area (TPSA) is 136 Å². The van der Waals surface area contributed by atoms with E-state index >= 15 is 0 Å². The van der Waals surface area contributed by atoms with Crippen LogP contribution >= 0.6 is 0 Å². The normalized spacial score (nSPS) is 11.2. The molecule has 2 rings (SSSR count). The highest BCUT2D eigenvalue weighted by Crippen LogP contribution is 2.28. The van der Waals surface area contributed by atoms with E-state index in [-0.39, 0.29) is 10.7 Å². The maximum Gasteiger partial charge on any atom is 0.312 e. The van der Waals surface area contributed by atoms with Crippen molar-refractivity contribution in [3.05, 3.63) is 40.6 Å². The minimum atomic E-state index is -4.04. The van der Waals surface area contributed by atoms with Crippen LogP contribution in [-0.4, -0.2) is 23.6 Å². The van der Waals surface area contributed by atoms with E-state index in [0.29, 0.717) is 0 Å². The molecule has 100 valence electrons. The first-order chi connectivity index (χ1) is 8.90. The number of sulfonamides is 1. The van der Waals surface area contributed by atoms with Crippen molar-refractivity contribution < 1.29 is 23.0 Å². The number of hydrogen-bond donors (Lipinski definition) is 2. The molecule has 2 N–H and O–H groups in total. The number of anilines is 1. The van der Waals surface area contributed by atoms with Crippen molar-refractivity contribution >= 4 is 21.5 Å². The Morgan fingerprint density at radius 1 is 1.37 bits per heavy atom. The van der Waals surface area contributed by atoms with E-state index < -0.39 is 26.4 Å². The fourth-order valence-electron chi connectivity index (χ4n) is 1.28. The molecule has 0 saturated heterocycles. The first kappa shape index (κ1) is 12.8. The van der Waals surface area contributed by atoms with Gasteiger partial charge in [0.25, 0.3) is 10.0 Å². The zero-order valence-electron chi connectivity index (χ0n) is 9.18. The number of phenols is 1. The van der Waals surface area contributed by atoms with Gasteiger partial charge in [-0.15, -0.1) is 0 Å². The molecule has 0 aliphatic carbocycles. The highest BCUT2D eigenvalue weighted by Gasteiger charge is 2.21. The van der Waals surface area contributed by atoms with Crippen LogP contribution in [0.25, 0.3) is 0 Å². The van der Waals surface area contributed by atoms with E-state index in [0.717, 1.165) is 24.5 Å². The maximum absolute atomic E-state index is 11.9. The molecule has 0 atom stereocenters. The Hall–Kier alpha value is -2.62. The molecule has 0 aliphatic heterocycles. The molecule has 0 spiro atoms. The summed E-state index contributed by atoms with van der Waals surface area (Å²) in [4.78, 5) is 9.36. The molecule has 0 amide bonds. The van der Waals surface area contributed by atoms with Crippen LogP contribution in [0.5, 0.6) is 5.75 Å². The van der Waals surface area contributed by atoms with Gasteiger partial charge in [0, 0.05) is 12.1 Å².